The van der Waals surface area contributed by atoms with Gasteiger partial charge < -0.3 is 14.6 Å². The van der Waals surface area contributed by atoms with E-state index >= 15 is 0 Å². The van der Waals surface area contributed by atoms with Crippen LogP contribution in [-0.2, 0) is 11.3 Å². The van der Waals surface area contributed by atoms with E-state index in [9.17, 15) is 5.11 Å². The molecular formula is C17H25NO3. The van der Waals surface area contributed by atoms with Crippen LogP contribution >= 0.6 is 0 Å². The van der Waals surface area contributed by atoms with Crippen molar-refractivity contribution in [2.75, 3.05) is 26.8 Å². The average molecular weight is 291 g/mol. The summed E-state index contributed by atoms with van der Waals surface area (Å²) in [6, 6.07) is 8.55. The lowest BCUT2D eigenvalue weighted by molar-refractivity contribution is 0.00491. The Bertz CT molecular complexity index is 465. The number of piperidine rings is 1. The van der Waals surface area contributed by atoms with Crippen molar-refractivity contribution in [3.63, 3.8) is 0 Å². The Kier molecular flexibility index (Phi) is 4.78. The van der Waals surface area contributed by atoms with Gasteiger partial charge in [0.25, 0.3) is 0 Å². The molecule has 116 valence electrons. The number of methoxy groups -OCH3 is 1. The SMILES string of the molecule is COc1cccc(COCC(O)CN2CC3CCC2C3)c1. The predicted molar refractivity (Wildman–Crippen MR) is 81.4 cm³/mol. The van der Waals surface area contributed by atoms with Crippen LogP contribution in [0, 0.1) is 5.92 Å². The molecule has 1 saturated carbocycles. The first-order valence-corrected chi connectivity index (χ1v) is 7.87. The quantitative estimate of drug-likeness (QED) is 0.835. The maximum absolute atomic E-state index is 10.1. The van der Waals surface area contributed by atoms with Gasteiger partial charge in [-0.2, -0.15) is 0 Å². The average Bonchev–Trinajstić information content (AvgIpc) is 3.10. The lowest BCUT2D eigenvalue weighted by atomic mass is 10.1. The van der Waals surface area contributed by atoms with Crippen LogP contribution in [0.3, 0.4) is 0 Å². The van der Waals surface area contributed by atoms with Crippen molar-refractivity contribution < 1.29 is 14.6 Å². The predicted octanol–water partition coefficient (Wildman–Crippen LogP) is 2.06. The molecule has 3 atom stereocenters. The Morgan fingerprint density at radius 2 is 2.29 bits per heavy atom. The number of β-amino-alcohol motifs (C(OH)–C–C–N with tert-alkyl or cyclic N) is 1. The molecule has 0 radical (unpaired) electrons. The van der Waals surface area contributed by atoms with E-state index in [0.29, 0.717) is 19.3 Å². The van der Waals surface area contributed by atoms with Gasteiger partial charge in [0.05, 0.1) is 26.4 Å². The number of aliphatic hydroxyl groups excluding tert-OH is 1. The maximum Gasteiger partial charge on any atom is 0.119 e. The van der Waals surface area contributed by atoms with E-state index in [-0.39, 0.29) is 0 Å². The van der Waals surface area contributed by atoms with Gasteiger partial charge in [0.1, 0.15) is 5.75 Å². The third-order valence-corrected chi connectivity index (χ3v) is 4.68. The third kappa shape index (κ3) is 3.76. The van der Waals surface area contributed by atoms with Gasteiger partial charge >= 0.3 is 0 Å². The largest absolute Gasteiger partial charge is 0.497 e. The summed E-state index contributed by atoms with van der Waals surface area (Å²) in [5.74, 6) is 1.71. The number of benzene rings is 1. The second kappa shape index (κ2) is 6.77. The summed E-state index contributed by atoms with van der Waals surface area (Å²) in [7, 11) is 1.66. The van der Waals surface area contributed by atoms with Gasteiger partial charge in [-0.25, -0.2) is 0 Å². The van der Waals surface area contributed by atoms with Gasteiger partial charge in [0.2, 0.25) is 0 Å². The second-order valence-electron chi connectivity index (χ2n) is 6.31. The number of hydrogen-bond donors (Lipinski definition) is 1. The fourth-order valence-electron chi connectivity index (χ4n) is 3.65. The van der Waals surface area contributed by atoms with E-state index in [4.69, 9.17) is 9.47 Å². The Hall–Kier alpha value is -1.10. The number of ether oxygens (including phenoxy) is 2. The first-order chi connectivity index (χ1) is 10.2. The highest BCUT2D eigenvalue weighted by molar-refractivity contribution is 5.27. The van der Waals surface area contributed by atoms with Crippen LogP contribution in [0.5, 0.6) is 5.75 Å². The molecule has 2 aliphatic rings. The van der Waals surface area contributed by atoms with Crippen molar-refractivity contribution >= 4 is 0 Å². The van der Waals surface area contributed by atoms with Crippen LogP contribution in [0.1, 0.15) is 24.8 Å². The Morgan fingerprint density at radius 3 is 3.00 bits per heavy atom. The molecule has 0 amide bonds. The van der Waals surface area contributed by atoms with Gasteiger partial charge in [-0.15, -0.1) is 0 Å². The van der Waals surface area contributed by atoms with Gasteiger partial charge in [-0.1, -0.05) is 12.1 Å². The minimum Gasteiger partial charge on any atom is -0.497 e. The molecule has 21 heavy (non-hydrogen) atoms. The number of fused-ring (bicyclic) bond motifs is 2. The van der Waals surface area contributed by atoms with Crippen molar-refractivity contribution in [3.05, 3.63) is 29.8 Å². The van der Waals surface area contributed by atoms with Crippen molar-refractivity contribution in [1.82, 2.24) is 4.90 Å². The molecular weight excluding hydrogens is 266 g/mol. The molecule has 1 aromatic carbocycles. The topological polar surface area (TPSA) is 41.9 Å². The second-order valence-corrected chi connectivity index (χ2v) is 6.31. The smallest absolute Gasteiger partial charge is 0.119 e. The highest BCUT2D eigenvalue weighted by Crippen LogP contribution is 2.37. The lowest BCUT2D eigenvalue weighted by Gasteiger charge is -2.28. The minimum absolute atomic E-state index is 0.394. The van der Waals surface area contributed by atoms with Crippen molar-refractivity contribution in [3.8, 4) is 5.75 Å². The summed E-state index contributed by atoms with van der Waals surface area (Å²) in [5, 5.41) is 10.1. The molecule has 1 heterocycles. The highest BCUT2D eigenvalue weighted by atomic mass is 16.5. The summed E-state index contributed by atoms with van der Waals surface area (Å²) in [6.45, 7) is 2.82. The van der Waals surface area contributed by atoms with E-state index in [1.807, 2.05) is 24.3 Å². The maximum atomic E-state index is 10.1. The molecule has 1 aromatic rings. The number of hydrogen-bond acceptors (Lipinski definition) is 4. The standard InChI is InChI=1S/C17H25NO3/c1-20-17-4-2-3-14(8-17)11-21-12-16(19)10-18-9-13-5-6-15(18)7-13/h2-4,8,13,15-16,19H,5-7,9-12H2,1H3. The zero-order valence-electron chi connectivity index (χ0n) is 12.7. The van der Waals surface area contributed by atoms with Crippen LogP contribution in [0.25, 0.3) is 0 Å². The summed E-state index contributed by atoms with van der Waals surface area (Å²) >= 11 is 0. The van der Waals surface area contributed by atoms with Gasteiger partial charge in [-0.3, -0.25) is 4.90 Å². The van der Waals surface area contributed by atoms with Crippen LogP contribution < -0.4 is 4.74 Å². The molecule has 0 aromatic heterocycles. The number of nitrogens with zero attached hydrogens (tertiary/aromatic N) is 1. The van der Waals surface area contributed by atoms with Gasteiger partial charge in [-0.05, 0) is 42.9 Å². The van der Waals surface area contributed by atoms with E-state index in [1.165, 1.54) is 19.3 Å². The van der Waals surface area contributed by atoms with Crippen LogP contribution in [0.15, 0.2) is 24.3 Å². The van der Waals surface area contributed by atoms with Gasteiger partial charge in [0.15, 0.2) is 0 Å². The molecule has 1 saturated heterocycles. The van der Waals surface area contributed by atoms with Crippen LogP contribution in [0.2, 0.25) is 0 Å². The van der Waals surface area contributed by atoms with Crippen LogP contribution in [-0.4, -0.2) is 49.0 Å². The number of likely N-dealkylation sites (tertiary alicyclic amines) is 1. The Labute approximate surface area is 126 Å². The molecule has 1 aliphatic heterocycles. The third-order valence-electron chi connectivity index (χ3n) is 4.68. The molecule has 3 rings (SSSR count). The zero-order chi connectivity index (χ0) is 14.7. The van der Waals surface area contributed by atoms with E-state index in [2.05, 4.69) is 4.90 Å². The highest BCUT2D eigenvalue weighted by Gasteiger charge is 2.38. The monoisotopic (exact) mass is 291 g/mol. The molecule has 1 N–H and O–H groups in total. The summed E-state index contributed by atoms with van der Waals surface area (Å²) < 4.78 is 10.8. The fourth-order valence-corrected chi connectivity index (χ4v) is 3.65. The van der Waals surface area contributed by atoms with Crippen molar-refractivity contribution in [2.24, 2.45) is 5.92 Å². The molecule has 3 unspecified atom stereocenters. The Morgan fingerprint density at radius 1 is 1.38 bits per heavy atom. The summed E-state index contributed by atoms with van der Waals surface area (Å²) in [4.78, 5) is 2.44. The zero-order valence-corrected chi connectivity index (χ0v) is 12.7. The molecule has 2 fully saturated rings. The Balaban J connectivity index is 1.38. The van der Waals surface area contributed by atoms with E-state index < -0.39 is 6.10 Å². The number of aliphatic hydroxyl groups is 1. The first-order valence-electron chi connectivity index (χ1n) is 7.87. The van der Waals surface area contributed by atoms with Crippen molar-refractivity contribution in [2.45, 2.75) is 38.0 Å². The van der Waals surface area contributed by atoms with E-state index in [0.717, 1.165) is 30.3 Å². The van der Waals surface area contributed by atoms with Gasteiger partial charge in [0, 0.05) is 19.1 Å². The molecule has 0 spiro atoms. The summed E-state index contributed by atoms with van der Waals surface area (Å²) in [6.07, 6.45) is 3.62. The normalized spacial score (nSPS) is 26.2. The summed E-state index contributed by atoms with van der Waals surface area (Å²) in [5.41, 5.74) is 1.07. The molecule has 1 aliphatic carbocycles. The molecule has 2 bridgehead atoms. The molecule has 4 nitrogen and oxygen atoms in total. The van der Waals surface area contributed by atoms with E-state index in [1.54, 1.807) is 7.11 Å². The van der Waals surface area contributed by atoms with Crippen molar-refractivity contribution in [1.29, 1.82) is 0 Å². The van der Waals surface area contributed by atoms with Crippen LogP contribution in [0.4, 0.5) is 0 Å². The minimum atomic E-state index is -0.394. The number of rotatable bonds is 7. The fraction of sp³-hybridized carbons (Fsp3) is 0.647. The molecule has 4 heteroatoms. The first kappa shape index (κ1) is 14.8. The lowest BCUT2D eigenvalue weighted by Crippen LogP contribution is -2.39.